The van der Waals surface area contributed by atoms with Gasteiger partial charge in [-0.05, 0) is 17.0 Å². The third-order valence-corrected chi connectivity index (χ3v) is 0.610. The van der Waals surface area contributed by atoms with Crippen LogP contribution in [0.15, 0.2) is 5.16 Å². The molecule has 7 heteroatoms. The molecule has 0 aromatic rings. The maximum absolute atomic E-state index is 7.49. The SMILES string of the molecule is C/C=N/OPOOOO. The monoisotopic (exact) mass is 155 g/mol. The smallest absolute Gasteiger partial charge is 0.284 e. The second kappa shape index (κ2) is 7.74. The molecule has 54 valence electrons. The van der Waals surface area contributed by atoms with Gasteiger partial charge in [0.1, 0.15) is 0 Å². The topological polar surface area (TPSA) is 69.5 Å². The Morgan fingerprint density at radius 2 is 2.44 bits per heavy atom. The van der Waals surface area contributed by atoms with Crippen molar-refractivity contribution in [3.8, 4) is 0 Å². The third-order valence-electron chi connectivity index (χ3n) is 0.294. The molecule has 0 saturated carbocycles. The Balaban J connectivity index is 2.75. The Morgan fingerprint density at radius 1 is 1.67 bits per heavy atom. The molecule has 9 heavy (non-hydrogen) atoms. The molecule has 1 N–H and O–H groups in total. The lowest BCUT2D eigenvalue weighted by Gasteiger charge is -1.93. The summed E-state index contributed by atoms with van der Waals surface area (Å²) in [6.45, 7) is 1.67. The largest absolute Gasteiger partial charge is 0.347 e. The molecule has 0 aromatic carbocycles. The van der Waals surface area contributed by atoms with Crippen molar-refractivity contribution in [2.75, 3.05) is 0 Å². The molecule has 6 nitrogen and oxygen atoms in total. The zero-order valence-corrected chi connectivity index (χ0v) is 5.60. The van der Waals surface area contributed by atoms with Gasteiger partial charge >= 0.3 is 0 Å². The van der Waals surface area contributed by atoms with Crippen molar-refractivity contribution >= 4 is 15.2 Å². The van der Waals surface area contributed by atoms with Gasteiger partial charge in [0, 0.05) is 6.21 Å². The van der Waals surface area contributed by atoms with Crippen LogP contribution in [0.4, 0.5) is 0 Å². The summed E-state index contributed by atoms with van der Waals surface area (Å²) >= 11 is 0. The molecule has 0 bridgehead atoms. The molecule has 0 amide bonds. The van der Waals surface area contributed by atoms with Crippen LogP contribution in [-0.4, -0.2) is 11.5 Å². The summed E-state index contributed by atoms with van der Waals surface area (Å²) in [5.74, 6) is 0. The lowest BCUT2D eigenvalue weighted by molar-refractivity contribution is -0.594. The first-order valence-electron chi connectivity index (χ1n) is 1.94. The van der Waals surface area contributed by atoms with Crippen molar-refractivity contribution in [3.05, 3.63) is 0 Å². The number of oxime groups is 1. The van der Waals surface area contributed by atoms with Crippen molar-refractivity contribution in [3.63, 3.8) is 0 Å². The summed E-state index contributed by atoms with van der Waals surface area (Å²) in [6.07, 6.45) is 1.43. The average Bonchev–Trinajstić information content (AvgIpc) is 1.89. The van der Waals surface area contributed by atoms with E-state index in [1.807, 2.05) is 0 Å². The highest BCUT2D eigenvalue weighted by Gasteiger charge is 1.84. The van der Waals surface area contributed by atoms with Gasteiger partial charge in [-0.1, -0.05) is 5.16 Å². The van der Waals surface area contributed by atoms with E-state index in [-0.39, 0.29) is 0 Å². The van der Waals surface area contributed by atoms with Crippen LogP contribution < -0.4 is 0 Å². The Kier molecular flexibility index (Phi) is 7.52. The molecule has 0 rings (SSSR count). The summed E-state index contributed by atoms with van der Waals surface area (Å²) in [5.41, 5.74) is 0. The summed E-state index contributed by atoms with van der Waals surface area (Å²) < 4.78 is 8.35. The molecule has 1 unspecified atom stereocenters. The maximum atomic E-state index is 7.49. The molecule has 0 heterocycles. The molecule has 0 aliphatic carbocycles. The molecule has 0 aliphatic rings. The van der Waals surface area contributed by atoms with E-state index in [9.17, 15) is 0 Å². The van der Waals surface area contributed by atoms with Crippen LogP contribution in [0.3, 0.4) is 0 Å². The molecule has 1 atom stereocenters. The van der Waals surface area contributed by atoms with E-state index in [1.165, 1.54) is 6.21 Å². The first-order valence-corrected chi connectivity index (χ1v) is 2.76. The highest BCUT2D eigenvalue weighted by Crippen LogP contribution is 2.13. The number of hydrogen-bond donors (Lipinski definition) is 1. The highest BCUT2D eigenvalue weighted by molar-refractivity contribution is 7.25. The van der Waals surface area contributed by atoms with E-state index in [0.29, 0.717) is 0 Å². The number of nitrogens with zero attached hydrogens (tertiary/aromatic N) is 1. The fourth-order valence-corrected chi connectivity index (χ4v) is 0.356. The highest BCUT2D eigenvalue weighted by atomic mass is 31.1. The van der Waals surface area contributed by atoms with Crippen molar-refractivity contribution in [2.24, 2.45) is 5.16 Å². The number of rotatable bonds is 5. The predicted molar refractivity (Wildman–Crippen MR) is 29.4 cm³/mol. The number of hydrogen-bond acceptors (Lipinski definition) is 6. The fraction of sp³-hybridized carbons (Fsp3) is 0.500. The minimum Gasteiger partial charge on any atom is -0.347 e. The summed E-state index contributed by atoms with van der Waals surface area (Å²) in [7, 11) is -0.459. The quantitative estimate of drug-likeness (QED) is 0.210. The fourth-order valence-electron chi connectivity index (χ4n) is 0.119. The van der Waals surface area contributed by atoms with Crippen LogP contribution in [0, 0.1) is 0 Å². The molecule has 0 radical (unpaired) electrons. The second-order valence-corrected chi connectivity index (χ2v) is 1.28. The van der Waals surface area contributed by atoms with Gasteiger partial charge in [0.25, 0.3) is 9.03 Å². The normalized spacial score (nSPS) is 11.8. The van der Waals surface area contributed by atoms with Crippen LogP contribution in [0.2, 0.25) is 0 Å². The average molecular weight is 155 g/mol. The van der Waals surface area contributed by atoms with Gasteiger partial charge in [0.2, 0.25) is 0 Å². The second-order valence-electron chi connectivity index (χ2n) is 0.764. The Hall–Kier alpha value is -0.260. The van der Waals surface area contributed by atoms with E-state index in [4.69, 9.17) is 5.26 Å². The van der Waals surface area contributed by atoms with Crippen LogP contribution in [0.1, 0.15) is 6.92 Å². The lowest BCUT2D eigenvalue weighted by Crippen LogP contribution is -1.82. The van der Waals surface area contributed by atoms with Crippen molar-refractivity contribution in [1.29, 1.82) is 0 Å². The van der Waals surface area contributed by atoms with E-state index >= 15 is 0 Å². The summed E-state index contributed by atoms with van der Waals surface area (Å²) in [4.78, 5) is 0. The van der Waals surface area contributed by atoms with E-state index in [0.717, 1.165) is 0 Å². The van der Waals surface area contributed by atoms with Gasteiger partial charge in [0.15, 0.2) is 0 Å². The Bertz CT molecular complexity index is 77.4. The minimum atomic E-state index is -0.459. The third kappa shape index (κ3) is 7.74. The van der Waals surface area contributed by atoms with Crippen LogP contribution >= 0.6 is 9.03 Å². The first kappa shape index (κ1) is 8.74. The van der Waals surface area contributed by atoms with Crippen molar-refractivity contribution in [2.45, 2.75) is 6.92 Å². The molecule has 0 aromatic heterocycles. The first-order chi connectivity index (χ1) is 4.41. The van der Waals surface area contributed by atoms with Gasteiger partial charge in [-0.15, -0.1) is 4.67 Å². The summed E-state index contributed by atoms with van der Waals surface area (Å²) in [6, 6.07) is 0. The standard InChI is InChI=1S/C2H6NO5P/c1-2-3-5-9-8-7-6-4/h2,4,9H,1H3/b3-2+. The van der Waals surface area contributed by atoms with Gasteiger partial charge in [-0.3, -0.25) is 0 Å². The van der Waals surface area contributed by atoms with Gasteiger partial charge in [-0.25, -0.2) is 5.26 Å². The summed E-state index contributed by atoms with van der Waals surface area (Å²) in [5, 5.41) is 17.4. The zero-order chi connectivity index (χ0) is 6.95. The minimum absolute atomic E-state index is 0.459. The van der Waals surface area contributed by atoms with Gasteiger partial charge in [-0.2, -0.15) is 0 Å². The molecule has 0 saturated heterocycles. The van der Waals surface area contributed by atoms with Crippen LogP contribution in [-0.2, 0) is 19.4 Å². The zero-order valence-electron chi connectivity index (χ0n) is 4.60. The molecule has 0 aliphatic heterocycles. The van der Waals surface area contributed by atoms with Gasteiger partial charge < -0.3 is 4.62 Å². The lowest BCUT2D eigenvalue weighted by atomic mass is 10.9. The van der Waals surface area contributed by atoms with Crippen molar-refractivity contribution in [1.82, 2.24) is 0 Å². The predicted octanol–water partition coefficient (Wildman–Crippen LogP) is 0.870. The van der Waals surface area contributed by atoms with Crippen LogP contribution in [0.25, 0.3) is 0 Å². The Morgan fingerprint density at radius 3 is 3.00 bits per heavy atom. The van der Waals surface area contributed by atoms with E-state index < -0.39 is 9.03 Å². The van der Waals surface area contributed by atoms with E-state index in [2.05, 4.69) is 24.5 Å². The van der Waals surface area contributed by atoms with E-state index in [1.54, 1.807) is 6.92 Å². The molecular weight excluding hydrogens is 149 g/mol. The van der Waals surface area contributed by atoms with Crippen molar-refractivity contribution < 1.29 is 24.6 Å². The van der Waals surface area contributed by atoms with Gasteiger partial charge in [0.05, 0.1) is 0 Å². The Labute approximate surface area is 53.1 Å². The molecular formula is C2H6NO5P. The molecule has 0 fully saturated rings. The maximum Gasteiger partial charge on any atom is 0.284 e. The van der Waals surface area contributed by atoms with Crippen LogP contribution in [0.5, 0.6) is 0 Å². The molecule has 0 spiro atoms.